The predicted octanol–water partition coefficient (Wildman–Crippen LogP) is 3.11. The van der Waals surface area contributed by atoms with Gasteiger partial charge in [-0.3, -0.25) is 0 Å². The molecule has 1 atom stereocenters. The van der Waals surface area contributed by atoms with Crippen molar-refractivity contribution in [2.75, 3.05) is 13.6 Å². The average Bonchev–Trinajstić information content (AvgIpc) is 2.29. The molecule has 0 saturated carbocycles. The Hall–Kier alpha value is -0.640. The lowest BCUT2D eigenvalue weighted by molar-refractivity contribution is 0.295. The second-order valence-corrected chi connectivity index (χ2v) is 5.52. The van der Waals surface area contributed by atoms with Gasteiger partial charge in [0.25, 0.3) is 0 Å². The van der Waals surface area contributed by atoms with Gasteiger partial charge in [0.05, 0.1) is 0 Å². The van der Waals surface area contributed by atoms with Gasteiger partial charge in [0.15, 0.2) is 0 Å². The molecule has 0 heterocycles. The minimum absolute atomic E-state index is 0.0393. The second kappa shape index (κ2) is 5.80. The summed E-state index contributed by atoms with van der Waals surface area (Å²) in [5, 5.41) is 3.67. The summed E-state index contributed by atoms with van der Waals surface area (Å²) in [5.74, 6) is -0.235. The maximum absolute atomic E-state index is 13.8. The maximum atomic E-state index is 13.8. The maximum Gasteiger partial charge on any atom is 0.128 e. The van der Waals surface area contributed by atoms with Gasteiger partial charge in [-0.15, -0.1) is 0 Å². The molecule has 1 unspecified atom stereocenters. The molecule has 0 amide bonds. The third-order valence-corrected chi connectivity index (χ3v) is 3.23. The van der Waals surface area contributed by atoms with Crippen LogP contribution in [0.5, 0.6) is 0 Å². The summed E-state index contributed by atoms with van der Waals surface area (Å²) in [6, 6.07) is 4.55. The van der Waals surface area contributed by atoms with Crippen LogP contribution in [0.4, 0.5) is 4.39 Å². The first kappa shape index (κ1) is 14.4. The van der Waals surface area contributed by atoms with E-state index in [-0.39, 0.29) is 17.3 Å². The Kier molecular flexibility index (Phi) is 4.92. The number of hydrogen-bond donors (Lipinski definition) is 2. The van der Waals surface area contributed by atoms with Crippen molar-refractivity contribution in [3.05, 3.63) is 34.6 Å². The molecule has 3 N–H and O–H groups in total. The molecule has 0 radical (unpaired) electrons. The Labute approximate surface area is 107 Å². The lowest BCUT2D eigenvalue weighted by Crippen LogP contribution is -2.30. The molecule has 0 aliphatic rings. The lowest BCUT2D eigenvalue weighted by atomic mass is 9.83. The van der Waals surface area contributed by atoms with Crippen LogP contribution >= 0.6 is 11.6 Å². The molecule has 2 nitrogen and oxygen atoms in total. The Balaban J connectivity index is 2.97. The minimum atomic E-state index is -0.235. The van der Waals surface area contributed by atoms with E-state index >= 15 is 0 Å². The summed E-state index contributed by atoms with van der Waals surface area (Å²) in [7, 11) is 1.82. The van der Waals surface area contributed by atoms with Gasteiger partial charge in [0.1, 0.15) is 5.82 Å². The lowest BCUT2D eigenvalue weighted by Gasteiger charge is -2.28. The molecule has 0 aromatic heterocycles. The monoisotopic (exact) mass is 258 g/mol. The first-order valence-corrected chi connectivity index (χ1v) is 6.09. The average molecular weight is 259 g/mol. The predicted molar refractivity (Wildman–Crippen MR) is 70.7 cm³/mol. The summed E-state index contributed by atoms with van der Waals surface area (Å²) in [6.45, 7) is 4.70. The standard InChI is InChI=1S/C13H20ClFN2/c1-13(2,8-16)7-12(17-3)10-6-9(14)4-5-11(10)15/h4-6,12,17H,7-8,16H2,1-3H3. The third kappa shape index (κ3) is 3.95. The van der Waals surface area contributed by atoms with Crippen molar-refractivity contribution in [1.29, 1.82) is 0 Å². The van der Waals surface area contributed by atoms with Crippen LogP contribution in [0.25, 0.3) is 0 Å². The molecule has 0 aliphatic carbocycles. The van der Waals surface area contributed by atoms with Crippen molar-refractivity contribution >= 4 is 11.6 Å². The molecule has 1 aromatic carbocycles. The van der Waals surface area contributed by atoms with Crippen LogP contribution in [0.3, 0.4) is 0 Å². The molecular formula is C13H20ClFN2. The van der Waals surface area contributed by atoms with Gasteiger partial charge < -0.3 is 11.1 Å². The SMILES string of the molecule is CNC(CC(C)(C)CN)c1cc(Cl)ccc1F. The molecule has 0 spiro atoms. The highest BCUT2D eigenvalue weighted by atomic mass is 35.5. The van der Waals surface area contributed by atoms with Crippen molar-refractivity contribution in [1.82, 2.24) is 5.32 Å². The van der Waals surface area contributed by atoms with Gasteiger partial charge in [0.2, 0.25) is 0 Å². The van der Waals surface area contributed by atoms with E-state index < -0.39 is 0 Å². The zero-order valence-corrected chi connectivity index (χ0v) is 11.3. The molecule has 0 bridgehead atoms. The minimum Gasteiger partial charge on any atom is -0.330 e. The number of nitrogens with two attached hydrogens (primary N) is 1. The van der Waals surface area contributed by atoms with E-state index in [4.69, 9.17) is 17.3 Å². The fourth-order valence-electron chi connectivity index (χ4n) is 1.79. The van der Waals surface area contributed by atoms with E-state index in [1.54, 1.807) is 12.1 Å². The van der Waals surface area contributed by atoms with Crippen LogP contribution < -0.4 is 11.1 Å². The largest absolute Gasteiger partial charge is 0.330 e. The normalized spacial score (nSPS) is 13.8. The van der Waals surface area contributed by atoms with Crippen molar-refractivity contribution in [3.63, 3.8) is 0 Å². The van der Waals surface area contributed by atoms with Crippen LogP contribution in [0.1, 0.15) is 31.9 Å². The molecule has 4 heteroatoms. The highest BCUT2D eigenvalue weighted by Gasteiger charge is 2.24. The zero-order valence-electron chi connectivity index (χ0n) is 10.6. The second-order valence-electron chi connectivity index (χ2n) is 5.08. The third-order valence-electron chi connectivity index (χ3n) is 2.99. The van der Waals surface area contributed by atoms with Gasteiger partial charge in [0, 0.05) is 16.6 Å². The van der Waals surface area contributed by atoms with E-state index in [1.165, 1.54) is 6.07 Å². The van der Waals surface area contributed by atoms with E-state index in [0.29, 0.717) is 17.1 Å². The smallest absolute Gasteiger partial charge is 0.128 e. The first-order chi connectivity index (χ1) is 7.89. The number of hydrogen-bond acceptors (Lipinski definition) is 2. The van der Waals surface area contributed by atoms with Gasteiger partial charge in [-0.1, -0.05) is 25.4 Å². The van der Waals surface area contributed by atoms with Crippen LogP contribution in [0.15, 0.2) is 18.2 Å². The Morgan fingerprint density at radius 2 is 2.12 bits per heavy atom. The summed E-state index contributed by atoms with van der Waals surface area (Å²) in [5.41, 5.74) is 6.27. The molecular weight excluding hydrogens is 239 g/mol. The van der Waals surface area contributed by atoms with E-state index in [9.17, 15) is 4.39 Å². The Morgan fingerprint density at radius 1 is 1.47 bits per heavy atom. The summed E-state index contributed by atoms with van der Waals surface area (Å²) < 4.78 is 13.8. The van der Waals surface area contributed by atoms with Crippen molar-refractivity contribution < 1.29 is 4.39 Å². The number of nitrogens with one attached hydrogen (secondary N) is 1. The molecule has 1 rings (SSSR count). The quantitative estimate of drug-likeness (QED) is 0.852. The van der Waals surface area contributed by atoms with Crippen LogP contribution in [-0.4, -0.2) is 13.6 Å². The first-order valence-electron chi connectivity index (χ1n) is 5.72. The molecule has 1 aromatic rings. The molecule has 0 fully saturated rings. The highest BCUT2D eigenvalue weighted by Crippen LogP contribution is 2.31. The topological polar surface area (TPSA) is 38.0 Å². The van der Waals surface area contributed by atoms with Crippen molar-refractivity contribution in [3.8, 4) is 0 Å². The fourth-order valence-corrected chi connectivity index (χ4v) is 1.97. The van der Waals surface area contributed by atoms with Gasteiger partial charge >= 0.3 is 0 Å². The zero-order chi connectivity index (χ0) is 13.1. The fraction of sp³-hybridized carbons (Fsp3) is 0.538. The highest BCUT2D eigenvalue weighted by molar-refractivity contribution is 6.30. The van der Waals surface area contributed by atoms with Crippen molar-refractivity contribution in [2.45, 2.75) is 26.3 Å². The van der Waals surface area contributed by atoms with Crippen LogP contribution in [-0.2, 0) is 0 Å². The van der Waals surface area contributed by atoms with E-state index in [2.05, 4.69) is 19.2 Å². The summed E-state index contributed by atoms with van der Waals surface area (Å²) in [6.07, 6.45) is 0.761. The van der Waals surface area contributed by atoms with Crippen LogP contribution in [0.2, 0.25) is 5.02 Å². The Bertz CT molecular complexity index is 380. The van der Waals surface area contributed by atoms with Gasteiger partial charge in [-0.05, 0) is 43.6 Å². The van der Waals surface area contributed by atoms with E-state index in [0.717, 1.165) is 6.42 Å². The molecule has 0 aliphatic heterocycles. The molecule has 96 valence electrons. The number of rotatable bonds is 5. The van der Waals surface area contributed by atoms with Gasteiger partial charge in [-0.2, -0.15) is 0 Å². The number of benzene rings is 1. The summed E-state index contributed by atoms with van der Waals surface area (Å²) in [4.78, 5) is 0. The molecule has 0 saturated heterocycles. The van der Waals surface area contributed by atoms with Crippen LogP contribution in [0, 0.1) is 11.2 Å². The van der Waals surface area contributed by atoms with Gasteiger partial charge in [-0.25, -0.2) is 4.39 Å². The number of halogens is 2. The summed E-state index contributed by atoms with van der Waals surface area (Å²) >= 11 is 5.90. The van der Waals surface area contributed by atoms with E-state index in [1.807, 2.05) is 7.05 Å². The Morgan fingerprint density at radius 3 is 2.65 bits per heavy atom. The van der Waals surface area contributed by atoms with Crippen molar-refractivity contribution in [2.24, 2.45) is 11.1 Å². The molecule has 17 heavy (non-hydrogen) atoms.